The van der Waals surface area contributed by atoms with Crippen molar-refractivity contribution in [3.63, 3.8) is 0 Å². The van der Waals surface area contributed by atoms with Crippen LogP contribution in [0, 0.1) is 24.1 Å². The predicted octanol–water partition coefficient (Wildman–Crippen LogP) is 24.3. The van der Waals surface area contributed by atoms with E-state index >= 15 is 0 Å². The van der Waals surface area contributed by atoms with Crippen LogP contribution in [-0.2, 0) is 96.3 Å². The number of carbonyl (C=O) groups is 5. The Morgan fingerprint density at radius 1 is 0.534 bits per heavy atom. The number of furan rings is 2. The number of carbonyl (C=O) groups excluding carboxylic acids is 5. The molecule has 762 valence electrons. The summed E-state index contributed by atoms with van der Waals surface area (Å²) in [5.74, 6) is 4.10. The number of nitrogens with zero attached hydrogens (tertiary/aromatic N) is 12. The van der Waals surface area contributed by atoms with E-state index in [1.807, 2.05) is 277 Å². The van der Waals surface area contributed by atoms with Gasteiger partial charge in [-0.3, -0.25) is 28.9 Å². The van der Waals surface area contributed by atoms with Gasteiger partial charge in [-0.15, -0.1) is 55.5 Å². The Kier molecular flexibility index (Phi) is 40.8. The Labute approximate surface area is 883 Å². The highest BCUT2D eigenvalue weighted by Gasteiger charge is 2.32. The zero-order valence-electron chi connectivity index (χ0n) is 82.4. The molecule has 1 aliphatic rings. The van der Waals surface area contributed by atoms with Crippen LogP contribution in [0.15, 0.2) is 351 Å². The minimum atomic E-state index is -3.54. The van der Waals surface area contributed by atoms with Crippen LogP contribution in [0.4, 0.5) is 10.1 Å². The van der Waals surface area contributed by atoms with Crippen molar-refractivity contribution in [3.05, 3.63) is 452 Å². The number of methoxy groups -OCH3 is 4. The summed E-state index contributed by atoms with van der Waals surface area (Å²) in [5.41, 5.74) is 11.3. The Balaban J connectivity index is 0.000000154. The second kappa shape index (κ2) is 54.9. The van der Waals surface area contributed by atoms with Crippen LogP contribution in [0.2, 0.25) is 5.02 Å². The van der Waals surface area contributed by atoms with Crippen molar-refractivity contribution in [2.75, 3.05) is 54.0 Å². The number of benzene rings is 10. The van der Waals surface area contributed by atoms with Crippen molar-refractivity contribution < 1.29 is 64.6 Å². The first-order chi connectivity index (χ1) is 71.4. The minimum Gasteiger partial charge on any atom is -0.496 e. The summed E-state index contributed by atoms with van der Waals surface area (Å²) >= 11 is 12.8. The Bertz CT molecular complexity index is 7190. The standard InChI is InChI=1S/C25H23NO3.C24H23ClN2O3S.C22H22FN3OS.C22H24N2O4S2.C21H19N5O2S.CH4/c1-19-14-15-23(29-19)18-26(17-22-13-8-16-28-22)25(27)24(20-9-4-2-5-10-20)21-11-6-3-7-12-21;1-30-22-8-3-2-6-18(22)15-26(16-19-7-5-13-31-19)24(29)17-10-11-20(25)21(14-17)27-12-4-9-23(27)28;1-16(27-2)22-25-21(15-28-22)14-26(13-19-4-3-5-20(23)10-19)12-18-8-6-17(11-24)7-9-18;1-23(2)30(26,27)20-12-10-17(11-13-20)22(25)24(16-19-8-6-14-29-19)15-18-7-4-5-9-21(18)28-3;1-28-19-7-3-2-5-17(19)13-26(14-18-6-4-12-29-18)21(27)16-10-8-15(9-11-16)20-22-24-25-23-20;/h2-16,24H,17-18H2,1H3;2-3,5-8,10-11,13-14H,4,9,12,15-16H2,1H3;3-10,15-16H,12-14H2,1-2H3;4-14H,15-16H2,1-3H3;2-12H,13-14H2,1H3,(H,22,23,24,25);1H4. The van der Waals surface area contributed by atoms with E-state index in [4.69, 9.17) is 44.6 Å². The largest absolute Gasteiger partial charge is 0.496 e. The summed E-state index contributed by atoms with van der Waals surface area (Å²) in [6, 6.07) is 97.1. The van der Waals surface area contributed by atoms with E-state index in [0.29, 0.717) is 129 Å². The molecule has 1 saturated heterocycles. The molecule has 1 atom stereocenters. The van der Waals surface area contributed by atoms with Crippen LogP contribution >= 0.6 is 56.9 Å². The molecule has 7 aromatic heterocycles. The van der Waals surface area contributed by atoms with E-state index in [1.165, 1.54) is 32.3 Å². The number of aromatic nitrogens is 5. The summed E-state index contributed by atoms with van der Waals surface area (Å²) in [7, 11) is 5.95. The molecule has 0 bridgehead atoms. The van der Waals surface area contributed by atoms with Gasteiger partial charge >= 0.3 is 0 Å². The fraction of sp³-hybridized carbons (Fsp3) is 0.217. The predicted molar refractivity (Wildman–Crippen MR) is 579 cm³/mol. The lowest BCUT2D eigenvalue weighted by molar-refractivity contribution is -0.133. The lowest BCUT2D eigenvalue weighted by atomic mass is 9.90. The van der Waals surface area contributed by atoms with Gasteiger partial charge in [0.25, 0.3) is 17.7 Å². The Morgan fingerprint density at radius 2 is 1.05 bits per heavy atom. The van der Waals surface area contributed by atoms with Gasteiger partial charge in [-0.05, 0) is 203 Å². The monoisotopic (exact) mass is 2100 g/mol. The fourth-order valence-corrected chi connectivity index (χ4v) is 20.4. The van der Waals surface area contributed by atoms with Gasteiger partial charge in [-0.25, -0.2) is 22.1 Å². The van der Waals surface area contributed by atoms with Gasteiger partial charge in [0, 0.05) is 113 Å². The number of hydrogen-bond acceptors (Lipinski definition) is 23. The summed E-state index contributed by atoms with van der Waals surface area (Å²) in [6.07, 6.45) is 2.90. The highest BCUT2D eigenvalue weighted by Crippen LogP contribution is 2.36. The second-order valence-electron chi connectivity index (χ2n) is 34.3. The number of tetrazole rings is 1. The van der Waals surface area contributed by atoms with Gasteiger partial charge in [0.2, 0.25) is 27.7 Å². The van der Waals surface area contributed by atoms with Crippen molar-refractivity contribution in [2.45, 2.75) is 123 Å². The smallest absolute Gasteiger partial charge is 0.254 e. The SMILES string of the molecule is C.COC(C)c1nc(CN(Cc2ccc(C#N)cc2)Cc2cccc(F)c2)cs1.COc1ccccc1CN(Cc1cccs1)C(=O)c1ccc(-c2nn[nH]n2)cc1.COc1ccccc1CN(Cc1cccs1)C(=O)c1ccc(Cl)c(N2CCCC2=O)c1.COc1ccccc1CN(Cc1cccs1)C(=O)c1ccc(S(=O)(=O)N(C)C)cc1.Cc1ccc(CN(Cc2ccco2)C(=O)C(c2ccccc2)c2ccccc2)o1. The highest BCUT2D eigenvalue weighted by atomic mass is 35.5. The Hall–Kier alpha value is -15.2. The number of nitrogens with one attached hydrogen (secondary N) is 1. The third kappa shape index (κ3) is 30.8. The normalized spacial score (nSPS) is 11.7. The summed E-state index contributed by atoms with van der Waals surface area (Å²) < 4.78 is 72.3. The number of ether oxygens (including phenoxy) is 4. The van der Waals surface area contributed by atoms with Crippen molar-refractivity contribution in [1.29, 1.82) is 5.26 Å². The molecule has 26 nitrogen and oxygen atoms in total. The van der Waals surface area contributed by atoms with E-state index in [2.05, 4.69) is 36.6 Å². The average Bonchev–Trinajstić information content (AvgIpc) is 1.21. The Morgan fingerprint density at radius 3 is 1.51 bits per heavy atom. The molecule has 8 heterocycles. The van der Waals surface area contributed by atoms with Crippen LogP contribution in [0.3, 0.4) is 0 Å². The molecule has 5 amide bonds. The summed E-state index contributed by atoms with van der Waals surface area (Å²) in [6.45, 7) is 9.86. The maximum absolute atomic E-state index is 13.8. The van der Waals surface area contributed by atoms with E-state index in [-0.39, 0.29) is 53.8 Å². The molecule has 0 radical (unpaired) electrons. The fourth-order valence-electron chi connectivity index (χ4n) is 16.2. The first-order valence-corrected chi connectivity index (χ1v) is 52.4. The van der Waals surface area contributed by atoms with Gasteiger partial charge in [0.1, 0.15) is 51.5 Å². The van der Waals surface area contributed by atoms with E-state index in [1.54, 1.807) is 154 Å². The first kappa shape index (κ1) is 110. The number of H-pyrrole nitrogens is 1. The lowest BCUT2D eigenvalue weighted by Gasteiger charge is -2.27. The van der Waals surface area contributed by atoms with Crippen LogP contribution < -0.4 is 19.1 Å². The number of amides is 5. The molecule has 17 aromatic rings. The molecule has 33 heteroatoms. The van der Waals surface area contributed by atoms with Crippen LogP contribution in [-0.4, -0.2) is 141 Å². The van der Waals surface area contributed by atoms with Crippen molar-refractivity contribution in [2.24, 2.45) is 0 Å². The van der Waals surface area contributed by atoms with Crippen LogP contribution in [0.5, 0.6) is 17.2 Å². The lowest BCUT2D eigenvalue weighted by Crippen LogP contribution is -2.34. The molecular formula is C115H115ClFN13O13S5. The van der Waals surface area contributed by atoms with Crippen molar-refractivity contribution >= 4 is 102 Å². The molecule has 1 N–H and O–H groups in total. The maximum Gasteiger partial charge on any atom is 0.254 e. The number of para-hydroxylation sites is 3. The molecule has 0 saturated carbocycles. The van der Waals surface area contributed by atoms with E-state index in [0.717, 1.165) is 109 Å². The number of thiophene rings is 3. The zero-order valence-corrected chi connectivity index (χ0v) is 87.2. The van der Waals surface area contributed by atoms with Crippen molar-refractivity contribution in [1.82, 2.24) is 54.4 Å². The van der Waals surface area contributed by atoms with Gasteiger partial charge in [0.15, 0.2) is 0 Å². The molecule has 1 fully saturated rings. The third-order valence-electron chi connectivity index (χ3n) is 23.8. The zero-order chi connectivity index (χ0) is 104. The molecular weight excluding hydrogens is 1990 g/mol. The second-order valence-corrected chi connectivity index (χ2v) is 40.8. The molecule has 10 aromatic carbocycles. The number of hydrogen-bond donors (Lipinski definition) is 1. The molecule has 18 rings (SSSR count). The van der Waals surface area contributed by atoms with E-state index in [9.17, 15) is 36.8 Å². The number of nitriles is 1. The average molecular weight is 2100 g/mol. The number of anilines is 1. The van der Waals surface area contributed by atoms with Gasteiger partial charge in [0.05, 0.1) is 119 Å². The maximum atomic E-state index is 13.8. The van der Waals surface area contributed by atoms with Crippen LogP contribution in [0.1, 0.15) is 157 Å². The topological polar surface area (TPSA) is 297 Å². The number of rotatable bonds is 37. The number of aryl methyl sites for hydroxylation is 1. The minimum absolute atomic E-state index is 0. The third-order valence-corrected chi connectivity index (χ3v) is 29.6. The van der Waals surface area contributed by atoms with E-state index < -0.39 is 15.9 Å². The number of thiazole rings is 1. The van der Waals surface area contributed by atoms with Crippen molar-refractivity contribution in [3.8, 4) is 34.7 Å². The highest BCUT2D eigenvalue weighted by molar-refractivity contribution is 7.89. The quantitative estimate of drug-likeness (QED) is 0.0378. The summed E-state index contributed by atoms with van der Waals surface area (Å²) in [4.78, 5) is 85.4. The van der Waals surface area contributed by atoms with Gasteiger partial charge in [-0.2, -0.15) is 10.5 Å². The van der Waals surface area contributed by atoms with Gasteiger partial charge < -0.3 is 52.3 Å². The number of aromatic amines is 1. The number of halogens is 2. The molecule has 0 spiro atoms. The van der Waals surface area contributed by atoms with Gasteiger partial charge in [-0.1, -0.05) is 189 Å². The first-order valence-electron chi connectivity index (χ1n) is 47.1. The molecule has 0 aliphatic carbocycles. The molecule has 1 unspecified atom stereocenters. The molecule has 1 aliphatic heterocycles. The molecule has 148 heavy (non-hydrogen) atoms. The summed E-state index contributed by atoms with van der Waals surface area (Å²) in [5, 5.41) is 32.4. The number of sulfonamides is 1. The van der Waals surface area contributed by atoms with Crippen LogP contribution in [0.25, 0.3) is 11.4 Å².